The number of nitrogens with zero attached hydrogens (tertiary/aromatic N) is 3. The van der Waals surface area contributed by atoms with Crippen molar-refractivity contribution in [2.75, 3.05) is 36.9 Å². The van der Waals surface area contributed by atoms with E-state index in [0.717, 1.165) is 31.7 Å². The Bertz CT molecular complexity index is 396. The first-order chi connectivity index (χ1) is 8.29. The van der Waals surface area contributed by atoms with Gasteiger partial charge >= 0.3 is 0 Å². The van der Waals surface area contributed by atoms with Crippen LogP contribution in [-0.4, -0.2) is 42.1 Å². The van der Waals surface area contributed by atoms with Gasteiger partial charge in [0.05, 0.1) is 25.1 Å². The van der Waals surface area contributed by atoms with Gasteiger partial charge in [0.1, 0.15) is 6.33 Å². The largest absolute Gasteiger partial charge is 0.394 e. The molecule has 17 heavy (non-hydrogen) atoms. The first-order valence-electron chi connectivity index (χ1n) is 5.87. The van der Waals surface area contributed by atoms with Crippen LogP contribution in [-0.2, 0) is 9.47 Å². The zero-order chi connectivity index (χ0) is 11.7. The Hall–Kier alpha value is -1.40. The number of aromatic nitrogens is 2. The second-order valence-electron chi connectivity index (χ2n) is 4.40. The topological polar surface area (TPSA) is 73.5 Å². The lowest BCUT2D eigenvalue weighted by Crippen LogP contribution is -2.45. The molecule has 0 unspecified atom stereocenters. The molecular weight excluding hydrogens is 220 g/mol. The van der Waals surface area contributed by atoms with E-state index in [1.54, 1.807) is 6.20 Å². The summed E-state index contributed by atoms with van der Waals surface area (Å²) in [5.74, 6) is 0.464. The molecule has 2 aliphatic heterocycles. The second-order valence-corrected chi connectivity index (χ2v) is 4.40. The number of hydrogen-bond donors (Lipinski definition) is 1. The van der Waals surface area contributed by atoms with E-state index in [1.807, 2.05) is 0 Å². The maximum Gasteiger partial charge on any atom is 0.171 e. The van der Waals surface area contributed by atoms with E-state index < -0.39 is 0 Å². The fourth-order valence-corrected chi connectivity index (χ4v) is 2.44. The monoisotopic (exact) mass is 236 g/mol. The molecule has 0 atom stereocenters. The summed E-state index contributed by atoms with van der Waals surface area (Å²) >= 11 is 0. The van der Waals surface area contributed by atoms with Gasteiger partial charge in [-0.25, -0.2) is 9.97 Å². The summed E-state index contributed by atoms with van der Waals surface area (Å²) in [4.78, 5) is 10.3. The minimum atomic E-state index is -0.349. The number of anilines is 2. The van der Waals surface area contributed by atoms with Crippen molar-refractivity contribution in [3.63, 3.8) is 0 Å². The van der Waals surface area contributed by atoms with Gasteiger partial charge in [0.2, 0.25) is 0 Å². The SMILES string of the molecule is Nc1cncnc1N1CCC2(CC1)OCCO2. The summed E-state index contributed by atoms with van der Waals surface area (Å²) in [7, 11) is 0. The summed E-state index contributed by atoms with van der Waals surface area (Å²) in [6.45, 7) is 3.10. The van der Waals surface area contributed by atoms with Gasteiger partial charge in [0, 0.05) is 25.9 Å². The van der Waals surface area contributed by atoms with Crippen LogP contribution in [0.1, 0.15) is 12.8 Å². The molecule has 3 heterocycles. The lowest BCUT2D eigenvalue weighted by atomic mass is 10.0. The maximum absolute atomic E-state index is 5.87. The van der Waals surface area contributed by atoms with Crippen LogP contribution in [0.15, 0.2) is 12.5 Å². The summed E-state index contributed by atoms with van der Waals surface area (Å²) in [6, 6.07) is 0. The van der Waals surface area contributed by atoms with E-state index in [-0.39, 0.29) is 5.79 Å². The number of piperidine rings is 1. The average Bonchev–Trinajstić information content (AvgIpc) is 2.80. The van der Waals surface area contributed by atoms with Gasteiger partial charge in [0.25, 0.3) is 0 Å². The zero-order valence-electron chi connectivity index (χ0n) is 9.63. The highest BCUT2D eigenvalue weighted by molar-refractivity contribution is 5.61. The maximum atomic E-state index is 5.87. The lowest BCUT2D eigenvalue weighted by Gasteiger charge is -2.38. The molecule has 2 N–H and O–H groups in total. The molecule has 0 saturated carbocycles. The molecule has 2 fully saturated rings. The third kappa shape index (κ3) is 1.94. The van der Waals surface area contributed by atoms with Crippen LogP contribution in [0.25, 0.3) is 0 Å². The zero-order valence-corrected chi connectivity index (χ0v) is 9.63. The Labute approximate surface area is 99.7 Å². The first-order valence-corrected chi connectivity index (χ1v) is 5.87. The van der Waals surface area contributed by atoms with Gasteiger partial charge < -0.3 is 20.1 Å². The van der Waals surface area contributed by atoms with Crippen LogP contribution in [0, 0.1) is 0 Å². The van der Waals surface area contributed by atoms with Crippen LogP contribution in [0.2, 0.25) is 0 Å². The molecule has 2 aliphatic rings. The molecule has 0 aromatic carbocycles. The quantitative estimate of drug-likeness (QED) is 0.761. The van der Waals surface area contributed by atoms with Crippen LogP contribution in [0.3, 0.4) is 0 Å². The van der Waals surface area contributed by atoms with Gasteiger partial charge in [-0.15, -0.1) is 0 Å². The minimum Gasteiger partial charge on any atom is -0.394 e. The van der Waals surface area contributed by atoms with E-state index >= 15 is 0 Å². The fraction of sp³-hybridized carbons (Fsp3) is 0.636. The molecule has 1 spiro atoms. The molecular formula is C11H16N4O2. The summed E-state index contributed by atoms with van der Waals surface area (Å²) in [5.41, 5.74) is 6.49. The predicted molar refractivity (Wildman–Crippen MR) is 62.5 cm³/mol. The van der Waals surface area contributed by atoms with Gasteiger partial charge in [-0.1, -0.05) is 0 Å². The minimum absolute atomic E-state index is 0.349. The summed E-state index contributed by atoms with van der Waals surface area (Å²) in [5, 5.41) is 0. The highest BCUT2D eigenvalue weighted by Gasteiger charge is 2.40. The van der Waals surface area contributed by atoms with E-state index in [2.05, 4.69) is 14.9 Å². The van der Waals surface area contributed by atoms with Gasteiger partial charge in [-0.3, -0.25) is 0 Å². The van der Waals surface area contributed by atoms with E-state index in [1.165, 1.54) is 6.33 Å². The number of hydrogen-bond acceptors (Lipinski definition) is 6. The molecule has 0 aliphatic carbocycles. The number of ether oxygens (including phenoxy) is 2. The predicted octanol–water partition coefficient (Wildman–Crippen LogP) is 0.402. The Kier molecular flexibility index (Phi) is 2.60. The van der Waals surface area contributed by atoms with Crippen molar-refractivity contribution in [3.05, 3.63) is 12.5 Å². The number of nitrogen functional groups attached to an aromatic ring is 1. The molecule has 0 bridgehead atoms. The van der Waals surface area contributed by atoms with Crippen molar-refractivity contribution >= 4 is 11.5 Å². The molecule has 1 aromatic heterocycles. The molecule has 92 valence electrons. The van der Waals surface area contributed by atoms with Crippen LogP contribution in [0.5, 0.6) is 0 Å². The second kappa shape index (κ2) is 4.12. The first kappa shape index (κ1) is 10.7. The standard InChI is InChI=1S/C11H16N4O2/c12-9-7-13-8-14-10(9)15-3-1-11(2-4-15)16-5-6-17-11/h7-8H,1-6,12H2. The van der Waals surface area contributed by atoms with Crippen molar-refractivity contribution in [1.82, 2.24) is 9.97 Å². The molecule has 6 nitrogen and oxygen atoms in total. The van der Waals surface area contributed by atoms with E-state index in [0.29, 0.717) is 18.9 Å². The van der Waals surface area contributed by atoms with Crippen molar-refractivity contribution in [2.24, 2.45) is 0 Å². The third-order valence-electron chi connectivity index (χ3n) is 3.36. The fourth-order valence-electron chi connectivity index (χ4n) is 2.44. The number of rotatable bonds is 1. The molecule has 0 radical (unpaired) electrons. The molecule has 6 heteroatoms. The highest BCUT2D eigenvalue weighted by Crippen LogP contribution is 2.33. The Morgan fingerprint density at radius 3 is 2.59 bits per heavy atom. The number of nitrogens with two attached hydrogens (primary N) is 1. The van der Waals surface area contributed by atoms with Gasteiger partial charge in [-0.05, 0) is 0 Å². The lowest BCUT2D eigenvalue weighted by molar-refractivity contribution is -0.169. The smallest absolute Gasteiger partial charge is 0.171 e. The third-order valence-corrected chi connectivity index (χ3v) is 3.36. The Morgan fingerprint density at radius 1 is 1.24 bits per heavy atom. The van der Waals surface area contributed by atoms with Gasteiger partial charge in [0.15, 0.2) is 11.6 Å². The van der Waals surface area contributed by atoms with Crippen LogP contribution >= 0.6 is 0 Å². The average molecular weight is 236 g/mol. The normalized spacial score (nSPS) is 23.2. The van der Waals surface area contributed by atoms with Crippen molar-refractivity contribution < 1.29 is 9.47 Å². The van der Waals surface area contributed by atoms with Crippen molar-refractivity contribution in [3.8, 4) is 0 Å². The summed E-state index contributed by atoms with van der Waals surface area (Å²) < 4.78 is 11.4. The molecule has 3 rings (SSSR count). The van der Waals surface area contributed by atoms with Crippen LogP contribution < -0.4 is 10.6 Å². The molecule has 1 aromatic rings. The Balaban J connectivity index is 1.71. The highest BCUT2D eigenvalue weighted by atomic mass is 16.7. The molecule has 2 saturated heterocycles. The van der Waals surface area contributed by atoms with E-state index in [4.69, 9.17) is 15.2 Å². The van der Waals surface area contributed by atoms with E-state index in [9.17, 15) is 0 Å². The van der Waals surface area contributed by atoms with Crippen molar-refractivity contribution in [1.29, 1.82) is 0 Å². The molecule has 0 amide bonds. The Morgan fingerprint density at radius 2 is 1.94 bits per heavy atom. The summed E-state index contributed by atoms with van der Waals surface area (Å²) in [6.07, 6.45) is 4.88. The van der Waals surface area contributed by atoms with Gasteiger partial charge in [-0.2, -0.15) is 0 Å². The van der Waals surface area contributed by atoms with Crippen LogP contribution in [0.4, 0.5) is 11.5 Å². The van der Waals surface area contributed by atoms with Crippen molar-refractivity contribution in [2.45, 2.75) is 18.6 Å².